The number of rotatable bonds is 8. The lowest BCUT2D eigenvalue weighted by molar-refractivity contribution is 0.324. The monoisotopic (exact) mass is 468 g/mol. The molecule has 0 N–H and O–H groups in total. The van der Waals surface area contributed by atoms with Crippen molar-refractivity contribution >= 4 is 23.1 Å². The Balaban J connectivity index is 1.53. The summed E-state index contributed by atoms with van der Waals surface area (Å²) in [6, 6.07) is 12.1. The van der Waals surface area contributed by atoms with Crippen molar-refractivity contribution in [2.75, 3.05) is 21.3 Å². The highest BCUT2D eigenvalue weighted by Crippen LogP contribution is 2.41. The Morgan fingerprint density at radius 2 is 1.72 bits per heavy atom. The van der Waals surface area contributed by atoms with Gasteiger partial charge in [-0.2, -0.15) is 0 Å². The Hall–Kier alpha value is -3.04. The Morgan fingerprint density at radius 3 is 2.38 bits per heavy atom. The highest BCUT2D eigenvalue weighted by atomic mass is 32.2. The normalized spacial score (nSPS) is 10.9. The van der Waals surface area contributed by atoms with E-state index in [1.54, 1.807) is 44.4 Å². The summed E-state index contributed by atoms with van der Waals surface area (Å²) < 4.78 is 18.3. The predicted octanol–water partition coefficient (Wildman–Crippen LogP) is 5.23. The van der Waals surface area contributed by atoms with Crippen LogP contribution in [0.2, 0.25) is 0 Å². The second kappa shape index (κ2) is 9.62. The van der Waals surface area contributed by atoms with E-state index < -0.39 is 0 Å². The third kappa shape index (κ3) is 4.44. The van der Waals surface area contributed by atoms with E-state index in [0.29, 0.717) is 28.8 Å². The SMILES string of the molecule is COc1cc(-c2nnc(SCc3csc(-c4cccc(C)c4)n3)n2C)cc(OC)c1OC. The number of ether oxygens (including phenoxy) is 3. The van der Waals surface area contributed by atoms with E-state index in [-0.39, 0.29) is 0 Å². The molecule has 2 aromatic heterocycles. The van der Waals surface area contributed by atoms with Crippen LogP contribution in [-0.2, 0) is 12.8 Å². The van der Waals surface area contributed by atoms with Gasteiger partial charge in [-0.1, -0.05) is 35.5 Å². The molecular formula is C23H24N4O3S2. The summed E-state index contributed by atoms with van der Waals surface area (Å²) in [7, 11) is 6.72. The summed E-state index contributed by atoms with van der Waals surface area (Å²) in [4.78, 5) is 4.79. The van der Waals surface area contributed by atoms with Crippen LogP contribution in [0.1, 0.15) is 11.3 Å². The zero-order valence-electron chi connectivity index (χ0n) is 18.6. The van der Waals surface area contributed by atoms with Crippen LogP contribution in [0.5, 0.6) is 17.2 Å². The molecule has 2 heterocycles. The van der Waals surface area contributed by atoms with Gasteiger partial charge in [0.2, 0.25) is 5.75 Å². The molecular weight excluding hydrogens is 444 g/mol. The van der Waals surface area contributed by atoms with Crippen LogP contribution in [0.15, 0.2) is 46.9 Å². The quantitative estimate of drug-likeness (QED) is 0.328. The van der Waals surface area contributed by atoms with Crippen molar-refractivity contribution in [3.8, 4) is 39.2 Å². The average molecular weight is 469 g/mol. The van der Waals surface area contributed by atoms with Crippen molar-refractivity contribution < 1.29 is 14.2 Å². The second-order valence-electron chi connectivity index (χ2n) is 7.08. The Kier molecular flexibility index (Phi) is 6.66. The summed E-state index contributed by atoms with van der Waals surface area (Å²) in [5, 5.41) is 12.7. The highest BCUT2D eigenvalue weighted by Gasteiger charge is 2.18. The first-order valence-corrected chi connectivity index (χ1v) is 11.7. The van der Waals surface area contributed by atoms with Crippen molar-refractivity contribution in [1.29, 1.82) is 0 Å². The molecule has 0 aliphatic heterocycles. The third-order valence-corrected chi connectivity index (χ3v) is 6.92. The molecule has 7 nitrogen and oxygen atoms in total. The van der Waals surface area contributed by atoms with Gasteiger partial charge in [0.1, 0.15) is 5.01 Å². The van der Waals surface area contributed by atoms with Crippen LogP contribution in [-0.4, -0.2) is 41.1 Å². The molecule has 2 aromatic carbocycles. The number of aryl methyl sites for hydroxylation is 1. The standard InChI is InChI=1S/C23H24N4O3S2/c1-14-7-6-8-15(9-14)22-24-17(12-31-22)13-32-23-26-25-21(27(23)2)16-10-18(28-3)20(30-5)19(11-16)29-4/h6-12H,13H2,1-5H3. The number of benzene rings is 2. The van der Waals surface area contributed by atoms with Crippen LogP contribution in [0.25, 0.3) is 22.0 Å². The van der Waals surface area contributed by atoms with Crippen molar-refractivity contribution in [3.63, 3.8) is 0 Å². The Morgan fingerprint density at radius 1 is 0.969 bits per heavy atom. The van der Waals surface area contributed by atoms with Gasteiger partial charge >= 0.3 is 0 Å². The fraction of sp³-hybridized carbons (Fsp3) is 0.261. The lowest BCUT2D eigenvalue weighted by atomic mass is 10.1. The first-order chi connectivity index (χ1) is 15.5. The number of methoxy groups -OCH3 is 3. The molecule has 4 rings (SSSR count). The molecule has 0 atom stereocenters. The van der Waals surface area contributed by atoms with E-state index >= 15 is 0 Å². The molecule has 0 saturated heterocycles. The smallest absolute Gasteiger partial charge is 0.203 e. The first-order valence-electron chi connectivity index (χ1n) is 9.88. The predicted molar refractivity (Wildman–Crippen MR) is 128 cm³/mol. The van der Waals surface area contributed by atoms with E-state index in [0.717, 1.165) is 27.0 Å². The van der Waals surface area contributed by atoms with Crippen LogP contribution in [0, 0.1) is 6.92 Å². The van der Waals surface area contributed by atoms with Gasteiger partial charge in [0.05, 0.1) is 27.0 Å². The van der Waals surface area contributed by atoms with Gasteiger partial charge in [-0.25, -0.2) is 4.98 Å². The van der Waals surface area contributed by atoms with Crippen LogP contribution in [0.3, 0.4) is 0 Å². The summed E-state index contributed by atoms with van der Waals surface area (Å²) in [6.07, 6.45) is 0. The number of thiazole rings is 1. The summed E-state index contributed by atoms with van der Waals surface area (Å²) in [6.45, 7) is 2.09. The molecule has 0 aliphatic carbocycles. The molecule has 32 heavy (non-hydrogen) atoms. The van der Waals surface area contributed by atoms with E-state index in [1.165, 1.54) is 5.56 Å². The maximum absolute atomic E-state index is 5.46. The zero-order valence-corrected chi connectivity index (χ0v) is 20.2. The number of nitrogens with zero attached hydrogens (tertiary/aromatic N) is 4. The molecule has 0 radical (unpaired) electrons. The lowest BCUT2D eigenvalue weighted by Gasteiger charge is -2.13. The van der Waals surface area contributed by atoms with E-state index in [1.807, 2.05) is 23.7 Å². The number of aromatic nitrogens is 4. The Bertz CT molecular complexity index is 1210. The number of hydrogen-bond donors (Lipinski definition) is 0. The minimum absolute atomic E-state index is 0.545. The van der Waals surface area contributed by atoms with Crippen molar-refractivity contribution in [3.05, 3.63) is 53.0 Å². The summed E-state index contributed by atoms with van der Waals surface area (Å²) in [5.74, 6) is 3.12. The molecule has 166 valence electrons. The van der Waals surface area contributed by atoms with Gasteiger partial charge in [-0.05, 0) is 25.1 Å². The maximum atomic E-state index is 5.46. The van der Waals surface area contributed by atoms with Crippen molar-refractivity contribution in [2.24, 2.45) is 7.05 Å². The van der Waals surface area contributed by atoms with E-state index in [2.05, 4.69) is 46.8 Å². The molecule has 0 unspecified atom stereocenters. The second-order valence-corrected chi connectivity index (χ2v) is 8.88. The average Bonchev–Trinajstić information content (AvgIpc) is 3.43. The molecule has 0 amide bonds. The van der Waals surface area contributed by atoms with E-state index in [4.69, 9.17) is 19.2 Å². The molecule has 0 bridgehead atoms. The van der Waals surface area contributed by atoms with E-state index in [9.17, 15) is 0 Å². The summed E-state index contributed by atoms with van der Waals surface area (Å²) >= 11 is 3.26. The first kappa shape index (κ1) is 22.2. The Labute approximate surface area is 195 Å². The topological polar surface area (TPSA) is 71.3 Å². The molecule has 0 saturated carbocycles. The molecule has 0 aliphatic rings. The fourth-order valence-electron chi connectivity index (χ4n) is 3.32. The van der Waals surface area contributed by atoms with Gasteiger partial charge in [-0.15, -0.1) is 21.5 Å². The van der Waals surface area contributed by atoms with Crippen LogP contribution < -0.4 is 14.2 Å². The largest absolute Gasteiger partial charge is 0.493 e. The van der Waals surface area contributed by atoms with Gasteiger partial charge < -0.3 is 18.8 Å². The van der Waals surface area contributed by atoms with Gasteiger partial charge in [-0.3, -0.25) is 0 Å². The van der Waals surface area contributed by atoms with Crippen LogP contribution >= 0.6 is 23.1 Å². The van der Waals surface area contributed by atoms with Gasteiger partial charge in [0.25, 0.3) is 0 Å². The lowest BCUT2D eigenvalue weighted by Crippen LogP contribution is -1.99. The summed E-state index contributed by atoms with van der Waals surface area (Å²) in [5.41, 5.74) is 4.23. The van der Waals surface area contributed by atoms with Gasteiger partial charge in [0, 0.05) is 29.3 Å². The fourth-order valence-corrected chi connectivity index (χ4v) is 5.05. The molecule has 4 aromatic rings. The zero-order chi connectivity index (χ0) is 22.7. The number of hydrogen-bond acceptors (Lipinski definition) is 8. The third-order valence-electron chi connectivity index (χ3n) is 4.92. The van der Waals surface area contributed by atoms with Crippen molar-refractivity contribution in [1.82, 2.24) is 19.7 Å². The highest BCUT2D eigenvalue weighted by molar-refractivity contribution is 7.98. The minimum Gasteiger partial charge on any atom is -0.493 e. The maximum Gasteiger partial charge on any atom is 0.203 e. The molecule has 0 spiro atoms. The number of thioether (sulfide) groups is 1. The molecule has 9 heteroatoms. The molecule has 0 fully saturated rings. The van der Waals surface area contributed by atoms with Crippen LogP contribution in [0.4, 0.5) is 0 Å². The minimum atomic E-state index is 0.545. The van der Waals surface area contributed by atoms with Gasteiger partial charge in [0.15, 0.2) is 22.5 Å². The van der Waals surface area contributed by atoms with Crippen molar-refractivity contribution in [2.45, 2.75) is 17.8 Å².